The maximum atomic E-state index is 11.8. The van der Waals surface area contributed by atoms with Crippen LogP contribution in [0.25, 0.3) is 0 Å². The maximum absolute atomic E-state index is 11.8. The lowest BCUT2D eigenvalue weighted by Gasteiger charge is -2.29. The van der Waals surface area contributed by atoms with Crippen molar-refractivity contribution < 1.29 is 9.53 Å². The summed E-state index contributed by atoms with van der Waals surface area (Å²) in [6, 6.07) is 7.72. The second-order valence-electron chi connectivity index (χ2n) is 4.30. The molecule has 0 N–H and O–H groups in total. The molecule has 0 unspecified atom stereocenters. The van der Waals surface area contributed by atoms with Crippen LogP contribution in [0.15, 0.2) is 24.3 Å². The molecular weight excluding hydrogens is 262 g/mol. The van der Waals surface area contributed by atoms with Crippen LogP contribution in [0.2, 0.25) is 5.02 Å². The van der Waals surface area contributed by atoms with Crippen LogP contribution in [-0.2, 0) is 9.53 Å². The van der Waals surface area contributed by atoms with Crippen LogP contribution in [0.1, 0.15) is 38.8 Å². The van der Waals surface area contributed by atoms with Gasteiger partial charge in [0.2, 0.25) is 0 Å². The quantitative estimate of drug-likeness (QED) is 0.715. The van der Waals surface area contributed by atoms with Crippen LogP contribution in [0.4, 0.5) is 0 Å². The lowest BCUT2D eigenvalue weighted by atomic mass is 10.0. The molecule has 0 amide bonds. The molecule has 1 rings (SSSR count). The van der Waals surface area contributed by atoms with Crippen molar-refractivity contribution in [2.75, 3.05) is 19.7 Å². The predicted octanol–water partition coefficient (Wildman–Crippen LogP) is 3.68. The molecule has 0 aliphatic carbocycles. The molecule has 106 valence electrons. The number of nitrogens with zero attached hydrogens (tertiary/aromatic N) is 1. The number of esters is 1. The van der Waals surface area contributed by atoms with Crippen molar-refractivity contribution in [3.8, 4) is 0 Å². The topological polar surface area (TPSA) is 29.5 Å². The Morgan fingerprint density at radius 1 is 1.21 bits per heavy atom. The van der Waals surface area contributed by atoms with Gasteiger partial charge in [-0.25, -0.2) is 0 Å². The van der Waals surface area contributed by atoms with Gasteiger partial charge in [0.1, 0.15) is 0 Å². The molecule has 0 bridgehead atoms. The van der Waals surface area contributed by atoms with E-state index in [9.17, 15) is 4.79 Å². The number of carbonyl (C=O) groups excluding carboxylic acids is 1. The van der Waals surface area contributed by atoms with E-state index in [1.165, 1.54) is 0 Å². The van der Waals surface area contributed by atoms with Gasteiger partial charge in [0.05, 0.1) is 13.0 Å². The van der Waals surface area contributed by atoms with Crippen molar-refractivity contribution in [3.63, 3.8) is 0 Å². The van der Waals surface area contributed by atoms with E-state index >= 15 is 0 Å². The third-order valence-electron chi connectivity index (χ3n) is 3.17. The van der Waals surface area contributed by atoms with Gasteiger partial charge in [-0.3, -0.25) is 9.69 Å². The summed E-state index contributed by atoms with van der Waals surface area (Å²) in [7, 11) is 0. The van der Waals surface area contributed by atoms with E-state index in [0.29, 0.717) is 18.1 Å². The fourth-order valence-electron chi connectivity index (χ4n) is 2.18. The van der Waals surface area contributed by atoms with Crippen LogP contribution >= 0.6 is 11.6 Å². The molecule has 1 atom stereocenters. The zero-order valence-corrected chi connectivity index (χ0v) is 12.6. The molecule has 0 aromatic heterocycles. The van der Waals surface area contributed by atoms with E-state index in [4.69, 9.17) is 16.3 Å². The molecule has 0 aliphatic heterocycles. The zero-order valence-electron chi connectivity index (χ0n) is 11.9. The summed E-state index contributed by atoms with van der Waals surface area (Å²) in [6.45, 7) is 8.22. The number of benzene rings is 1. The minimum Gasteiger partial charge on any atom is -0.466 e. The normalized spacial score (nSPS) is 12.5. The molecule has 0 saturated heterocycles. The third kappa shape index (κ3) is 4.84. The Morgan fingerprint density at radius 3 is 2.26 bits per heavy atom. The smallest absolute Gasteiger partial charge is 0.307 e. The second kappa shape index (κ2) is 8.18. The fourth-order valence-corrected chi connectivity index (χ4v) is 2.31. The summed E-state index contributed by atoms with van der Waals surface area (Å²) >= 11 is 5.91. The molecule has 19 heavy (non-hydrogen) atoms. The van der Waals surface area contributed by atoms with E-state index in [1.54, 1.807) is 0 Å². The number of carbonyl (C=O) groups is 1. The van der Waals surface area contributed by atoms with Crippen molar-refractivity contribution in [1.82, 2.24) is 4.90 Å². The molecule has 1 aromatic carbocycles. The Balaban J connectivity index is 2.91. The molecule has 0 spiro atoms. The zero-order chi connectivity index (χ0) is 14.3. The summed E-state index contributed by atoms with van der Waals surface area (Å²) in [5, 5.41) is 0.707. The Morgan fingerprint density at radius 2 is 1.79 bits per heavy atom. The molecule has 0 heterocycles. The molecule has 4 heteroatoms. The van der Waals surface area contributed by atoms with Crippen molar-refractivity contribution >= 4 is 17.6 Å². The monoisotopic (exact) mass is 283 g/mol. The van der Waals surface area contributed by atoms with Gasteiger partial charge in [-0.2, -0.15) is 0 Å². The van der Waals surface area contributed by atoms with E-state index in [1.807, 2.05) is 31.2 Å². The highest BCUT2D eigenvalue weighted by atomic mass is 35.5. The fraction of sp³-hybridized carbons (Fsp3) is 0.533. The molecule has 0 aliphatic rings. The standard InChI is InChI=1S/C15H22ClNO2/c1-4-17(5-2)14(11-15(18)19-6-3)12-7-9-13(16)10-8-12/h7-10,14H,4-6,11H2,1-3H3/t14-/m0/s1. The highest BCUT2D eigenvalue weighted by Gasteiger charge is 2.21. The predicted molar refractivity (Wildman–Crippen MR) is 78.4 cm³/mol. The molecule has 3 nitrogen and oxygen atoms in total. The van der Waals surface area contributed by atoms with Gasteiger partial charge in [-0.15, -0.1) is 0 Å². The second-order valence-corrected chi connectivity index (χ2v) is 4.73. The van der Waals surface area contributed by atoms with E-state index in [0.717, 1.165) is 18.7 Å². The Bertz CT molecular complexity index is 388. The summed E-state index contributed by atoms with van der Waals surface area (Å²) in [6.07, 6.45) is 0.372. The van der Waals surface area contributed by atoms with Gasteiger partial charge >= 0.3 is 5.97 Å². The van der Waals surface area contributed by atoms with Gasteiger partial charge in [-0.05, 0) is 37.7 Å². The highest BCUT2D eigenvalue weighted by Crippen LogP contribution is 2.25. The molecule has 0 radical (unpaired) electrons. The number of hydrogen-bond acceptors (Lipinski definition) is 3. The van der Waals surface area contributed by atoms with Crippen molar-refractivity contribution in [3.05, 3.63) is 34.9 Å². The largest absolute Gasteiger partial charge is 0.466 e. The van der Waals surface area contributed by atoms with Gasteiger partial charge in [0.25, 0.3) is 0 Å². The molecule has 0 fully saturated rings. The first-order chi connectivity index (χ1) is 9.12. The van der Waals surface area contributed by atoms with E-state index in [2.05, 4.69) is 18.7 Å². The van der Waals surface area contributed by atoms with E-state index < -0.39 is 0 Å². The third-order valence-corrected chi connectivity index (χ3v) is 3.43. The number of hydrogen-bond donors (Lipinski definition) is 0. The van der Waals surface area contributed by atoms with Crippen LogP contribution in [-0.4, -0.2) is 30.6 Å². The molecule has 0 saturated carbocycles. The van der Waals surface area contributed by atoms with E-state index in [-0.39, 0.29) is 12.0 Å². The lowest BCUT2D eigenvalue weighted by Crippen LogP contribution is -2.30. The number of ether oxygens (including phenoxy) is 1. The van der Waals surface area contributed by atoms with Crippen molar-refractivity contribution in [2.45, 2.75) is 33.2 Å². The summed E-state index contributed by atoms with van der Waals surface area (Å²) in [5.74, 6) is -0.158. The summed E-state index contributed by atoms with van der Waals surface area (Å²) in [4.78, 5) is 14.0. The number of rotatable bonds is 7. The van der Waals surface area contributed by atoms with Crippen LogP contribution in [0.5, 0.6) is 0 Å². The van der Waals surface area contributed by atoms with Gasteiger partial charge in [0, 0.05) is 11.1 Å². The highest BCUT2D eigenvalue weighted by molar-refractivity contribution is 6.30. The van der Waals surface area contributed by atoms with Crippen LogP contribution in [0, 0.1) is 0 Å². The molecule has 1 aromatic rings. The average molecular weight is 284 g/mol. The lowest BCUT2D eigenvalue weighted by molar-refractivity contribution is -0.144. The van der Waals surface area contributed by atoms with Crippen molar-refractivity contribution in [2.24, 2.45) is 0 Å². The summed E-state index contributed by atoms with van der Waals surface area (Å²) < 4.78 is 5.07. The first-order valence-electron chi connectivity index (χ1n) is 6.77. The Kier molecular flexibility index (Phi) is 6.89. The first-order valence-corrected chi connectivity index (χ1v) is 7.15. The number of halogens is 1. The average Bonchev–Trinajstić information content (AvgIpc) is 2.40. The Hall–Kier alpha value is -1.06. The van der Waals surface area contributed by atoms with Gasteiger partial charge in [0.15, 0.2) is 0 Å². The van der Waals surface area contributed by atoms with Crippen LogP contribution in [0.3, 0.4) is 0 Å². The van der Waals surface area contributed by atoms with Gasteiger partial charge < -0.3 is 4.74 Å². The summed E-state index contributed by atoms with van der Waals surface area (Å²) in [5.41, 5.74) is 1.10. The van der Waals surface area contributed by atoms with Crippen LogP contribution < -0.4 is 0 Å². The van der Waals surface area contributed by atoms with Gasteiger partial charge in [-0.1, -0.05) is 37.6 Å². The SMILES string of the molecule is CCOC(=O)C[C@@H](c1ccc(Cl)cc1)N(CC)CC. The molecular formula is C15H22ClNO2. The maximum Gasteiger partial charge on any atom is 0.307 e. The first kappa shape index (κ1) is 16.0. The Labute approximate surface area is 120 Å². The van der Waals surface area contributed by atoms with Crippen molar-refractivity contribution in [1.29, 1.82) is 0 Å². The minimum absolute atomic E-state index is 0.0475. The minimum atomic E-state index is -0.158.